The Bertz CT molecular complexity index is 664. The first-order chi connectivity index (χ1) is 11.2. The summed E-state index contributed by atoms with van der Waals surface area (Å²) in [5, 5.41) is 10.6. The molecule has 23 heavy (non-hydrogen) atoms. The van der Waals surface area contributed by atoms with E-state index in [-0.39, 0.29) is 11.7 Å². The van der Waals surface area contributed by atoms with Crippen molar-refractivity contribution in [1.82, 2.24) is 4.90 Å². The predicted octanol–water partition coefficient (Wildman–Crippen LogP) is 3.25. The van der Waals surface area contributed by atoms with Gasteiger partial charge in [-0.1, -0.05) is 6.07 Å². The van der Waals surface area contributed by atoms with Crippen molar-refractivity contribution in [3.05, 3.63) is 28.7 Å². The number of rotatable bonds is 3. The largest absolute Gasteiger partial charge is 0.504 e. The normalized spacial score (nSPS) is 20.0. The van der Waals surface area contributed by atoms with Gasteiger partial charge in [-0.3, -0.25) is 4.79 Å². The van der Waals surface area contributed by atoms with Crippen LogP contribution in [0, 0.1) is 0 Å². The Morgan fingerprint density at radius 2 is 2.13 bits per heavy atom. The van der Waals surface area contributed by atoms with Crippen LogP contribution in [0.1, 0.15) is 31.7 Å². The van der Waals surface area contributed by atoms with Gasteiger partial charge in [0.2, 0.25) is 0 Å². The molecule has 0 spiro atoms. The standard InChI is InChI=1S/C17H20N2O3S/c1-2-22-14-10-12(6-7-13(14)20)11-15-16(21)18-17(23-15)19-8-4-3-5-9-19/h6-7,10-11,20H,2-5,8-9H2,1H3/b15-11+. The lowest BCUT2D eigenvalue weighted by atomic mass is 10.1. The Balaban J connectivity index is 1.76. The van der Waals surface area contributed by atoms with Crippen LogP contribution in [0.3, 0.4) is 0 Å². The van der Waals surface area contributed by atoms with Crippen molar-refractivity contribution in [3.63, 3.8) is 0 Å². The van der Waals surface area contributed by atoms with Gasteiger partial charge in [0.1, 0.15) is 0 Å². The van der Waals surface area contributed by atoms with Crippen LogP contribution >= 0.6 is 11.8 Å². The SMILES string of the molecule is CCOc1cc(/C=C2/SC(N3CCCCC3)=NC2=O)ccc1O. The molecule has 6 heteroatoms. The van der Waals surface area contributed by atoms with Gasteiger partial charge in [0.15, 0.2) is 16.7 Å². The van der Waals surface area contributed by atoms with E-state index in [9.17, 15) is 9.90 Å². The molecule has 1 N–H and O–H groups in total. The molecule has 1 aromatic carbocycles. The molecule has 0 aliphatic carbocycles. The van der Waals surface area contributed by atoms with E-state index in [2.05, 4.69) is 9.89 Å². The van der Waals surface area contributed by atoms with Crippen molar-refractivity contribution >= 4 is 28.9 Å². The summed E-state index contributed by atoms with van der Waals surface area (Å²) < 4.78 is 5.38. The number of likely N-dealkylation sites (tertiary alicyclic amines) is 1. The van der Waals surface area contributed by atoms with Crippen molar-refractivity contribution in [3.8, 4) is 11.5 Å². The minimum Gasteiger partial charge on any atom is -0.504 e. The van der Waals surface area contributed by atoms with Gasteiger partial charge < -0.3 is 14.7 Å². The summed E-state index contributed by atoms with van der Waals surface area (Å²) >= 11 is 1.43. The van der Waals surface area contributed by atoms with E-state index < -0.39 is 0 Å². The number of aliphatic imine (C=N–C) groups is 1. The van der Waals surface area contributed by atoms with Gasteiger partial charge >= 0.3 is 0 Å². The van der Waals surface area contributed by atoms with Crippen LogP contribution in [0.2, 0.25) is 0 Å². The highest BCUT2D eigenvalue weighted by molar-refractivity contribution is 8.18. The quantitative estimate of drug-likeness (QED) is 0.861. The Kier molecular flexibility index (Phi) is 4.91. The van der Waals surface area contributed by atoms with Gasteiger partial charge in [-0.05, 0) is 61.7 Å². The van der Waals surface area contributed by atoms with E-state index in [1.165, 1.54) is 18.2 Å². The second-order valence-corrected chi connectivity index (χ2v) is 6.53. The van der Waals surface area contributed by atoms with Crippen LogP contribution in [0.15, 0.2) is 28.1 Å². The molecule has 2 aliphatic rings. The number of carbonyl (C=O) groups is 1. The molecule has 0 radical (unpaired) electrons. The first-order valence-electron chi connectivity index (χ1n) is 7.90. The number of phenols is 1. The molecule has 1 amide bonds. The number of benzene rings is 1. The molecule has 122 valence electrons. The van der Waals surface area contributed by atoms with Crippen molar-refractivity contribution in [1.29, 1.82) is 0 Å². The molecule has 2 aliphatic heterocycles. The summed E-state index contributed by atoms with van der Waals surface area (Å²) in [5.41, 5.74) is 0.817. The number of hydrogen-bond donors (Lipinski definition) is 1. The summed E-state index contributed by atoms with van der Waals surface area (Å²) in [6.07, 6.45) is 5.36. The van der Waals surface area contributed by atoms with Gasteiger partial charge in [-0.25, -0.2) is 0 Å². The minimum absolute atomic E-state index is 0.102. The first-order valence-corrected chi connectivity index (χ1v) is 8.72. The minimum atomic E-state index is -0.193. The van der Waals surface area contributed by atoms with Crippen LogP contribution in [-0.2, 0) is 4.79 Å². The highest BCUT2D eigenvalue weighted by Crippen LogP contribution is 2.33. The van der Waals surface area contributed by atoms with Gasteiger partial charge in [0.25, 0.3) is 5.91 Å². The average molecular weight is 332 g/mol. The molecule has 0 saturated carbocycles. The number of piperidine rings is 1. The number of amidine groups is 1. The molecule has 0 atom stereocenters. The van der Waals surface area contributed by atoms with Crippen LogP contribution in [-0.4, -0.2) is 40.8 Å². The van der Waals surface area contributed by atoms with Crippen molar-refractivity contribution in [2.45, 2.75) is 26.2 Å². The van der Waals surface area contributed by atoms with Crippen molar-refractivity contribution in [2.24, 2.45) is 4.99 Å². The maximum atomic E-state index is 12.1. The summed E-state index contributed by atoms with van der Waals surface area (Å²) in [7, 11) is 0. The summed E-state index contributed by atoms with van der Waals surface area (Å²) in [5.74, 6) is 0.334. The van der Waals surface area contributed by atoms with Gasteiger partial charge in [0, 0.05) is 13.1 Å². The third-order valence-corrected chi connectivity index (χ3v) is 4.86. The topological polar surface area (TPSA) is 62.1 Å². The summed E-state index contributed by atoms with van der Waals surface area (Å²) in [4.78, 5) is 19.1. The maximum Gasteiger partial charge on any atom is 0.286 e. The zero-order chi connectivity index (χ0) is 16.2. The van der Waals surface area contributed by atoms with Gasteiger partial charge in [-0.2, -0.15) is 4.99 Å². The lowest BCUT2D eigenvalue weighted by Gasteiger charge is -2.27. The monoisotopic (exact) mass is 332 g/mol. The molecular weight excluding hydrogens is 312 g/mol. The fourth-order valence-electron chi connectivity index (χ4n) is 2.66. The van der Waals surface area contributed by atoms with Crippen LogP contribution in [0.5, 0.6) is 11.5 Å². The smallest absolute Gasteiger partial charge is 0.286 e. The van der Waals surface area contributed by atoms with Gasteiger partial charge in [0.05, 0.1) is 11.5 Å². The predicted molar refractivity (Wildman–Crippen MR) is 92.7 cm³/mol. The highest BCUT2D eigenvalue weighted by Gasteiger charge is 2.26. The Morgan fingerprint density at radius 3 is 2.87 bits per heavy atom. The number of carbonyl (C=O) groups excluding carboxylic acids is 1. The molecule has 2 heterocycles. The molecule has 0 unspecified atom stereocenters. The van der Waals surface area contributed by atoms with E-state index in [4.69, 9.17) is 4.74 Å². The molecule has 1 aromatic rings. The molecular formula is C17H20N2O3S. The third kappa shape index (κ3) is 3.69. The van der Waals surface area contributed by atoms with Crippen molar-refractivity contribution < 1.29 is 14.6 Å². The number of nitrogens with zero attached hydrogens (tertiary/aromatic N) is 2. The molecule has 0 aromatic heterocycles. The lowest BCUT2D eigenvalue weighted by Crippen LogP contribution is -2.33. The number of ether oxygens (including phenoxy) is 1. The number of thioether (sulfide) groups is 1. The fourth-order valence-corrected chi connectivity index (χ4v) is 3.63. The van der Waals surface area contributed by atoms with E-state index in [0.717, 1.165) is 36.7 Å². The Hall–Kier alpha value is -1.95. The van der Waals surface area contributed by atoms with E-state index in [1.807, 2.05) is 6.92 Å². The number of phenolic OH excluding ortho intramolecular Hbond substituents is 1. The summed E-state index contributed by atoms with van der Waals surface area (Å²) in [6, 6.07) is 5.07. The Labute approximate surface area is 140 Å². The zero-order valence-electron chi connectivity index (χ0n) is 13.1. The van der Waals surface area contributed by atoms with E-state index in [1.54, 1.807) is 24.3 Å². The first kappa shape index (κ1) is 15.9. The maximum absolute atomic E-state index is 12.1. The van der Waals surface area contributed by atoms with E-state index >= 15 is 0 Å². The zero-order valence-corrected chi connectivity index (χ0v) is 13.9. The average Bonchev–Trinajstić information content (AvgIpc) is 2.93. The van der Waals surface area contributed by atoms with E-state index in [0.29, 0.717) is 17.3 Å². The molecule has 1 saturated heterocycles. The number of hydrogen-bond acceptors (Lipinski definition) is 5. The van der Waals surface area contributed by atoms with Gasteiger partial charge in [-0.15, -0.1) is 0 Å². The molecule has 1 fully saturated rings. The van der Waals surface area contributed by atoms with Crippen LogP contribution in [0.4, 0.5) is 0 Å². The van der Waals surface area contributed by atoms with Crippen LogP contribution in [0.25, 0.3) is 6.08 Å². The number of amides is 1. The molecule has 5 nitrogen and oxygen atoms in total. The Morgan fingerprint density at radius 1 is 1.35 bits per heavy atom. The number of aromatic hydroxyl groups is 1. The van der Waals surface area contributed by atoms with Crippen LogP contribution < -0.4 is 4.74 Å². The third-order valence-electron chi connectivity index (χ3n) is 3.82. The second-order valence-electron chi connectivity index (χ2n) is 5.52. The highest BCUT2D eigenvalue weighted by atomic mass is 32.2. The fraction of sp³-hybridized carbons (Fsp3) is 0.412. The second kappa shape index (κ2) is 7.08. The molecule has 3 rings (SSSR count). The lowest BCUT2D eigenvalue weighted by molar-refractivity contribution is -0.113. The van der Waals surface area contributed by atoms with Crippen molar-refractivity contribution in [2.75, 3.05) is 19.7 Å². The summed E-state index contributed by atoms with van der Waals surface area (Å²) in [6.45, 7) is 4.28. The molecule has 0 bridgehead atoms.